The van der Waals surface area contributed by atoms with Gasteiger partial charge in [0.25, 0.3) is 0 Å². The maximum atomic E-state index is 12.8. The molecule has 1 aliphatic carbocycles. The van der Waals surface area contributed by atoms with E-state index in [0.29, 0.717) is 16.8 Å². The minimum atomic E-state index is -0.318. The molecule has 0 aliphatic heterocycles. The first-order valence-corrected chi connectivity index (χ1v) is 11.3. The van der Waals surface area contributed by atoms with Gasteiger partial charge in [0, 0.05) is 41.2 Å². The number of hydrogen-bond donors (Lipinski definition) is 3. The first-order valence-electron chi connectivity index (χ1n) is 10.3. The van der Waals surface area contributed by atoms with E-state index in [0.717, 1.165) is 35.1 Å². The minimum Gasteiger partial charge on any atom is -0.506 e. The maximum absolute atomic E-state index is 12.8. The zero-order valence-corrected chi connectivity index (χ0v) is 18.1. The Morgan fingerprint density at radius 1 is 1.22 bits per heavy atom. The van der Waals surface area contributed by atoms with Crippen molar-refractivity contribution in [3.8, 4) is 17.1 Å². The highest BCUT2D eigenvalue weighted by Crippen LogP contribution is 2.42. The maximum Gasteiger partial charge on any atom is 0.221 e. The van der Waals surface area contributed by atoms with E-state index in [1.807, 2.05) is 24.4 Å². The fourth-order valence-electron chi connectivity index (χ4n) is 3.69. The Kier molecular flexibility index (Phi) is 5.18. The van der Waals surface area contributed by atoms with Gasteiger partial charge in [-0.05, 0) is 37.1 Å². The summed E-state index contributed by atoms with van der Waals surface area (Å²) >= 11 is 1.35. The molecule has 1 fully saturated rings. The lowest BCUT2D eigenvalue weighted by Crippen LogP contribution is -2.09. The summed E-state index contributed by atoms with van der Waals surface area (Å²) in [5, 5.41) is 23.1. The molecule has 4 aromatic rings. The standard InChI is InChI=1S/C23H21N5O3S/c1-13(29)25-19-10-14(6-9-20(19)30)21(31)12-32-23-27-26-22(28(23)15-7-8-15)17-11-24-18-5-3-2-4-16(17)18/h2-6,9-11,15,24,30H,7-8,12H2,1H3,(H,25,29). The van der Waals surface area contributed by atoms with Gasteiger partial charge in [-0.3, -0.25) is 14.2 Å². The normalized spacial score (nSPS) is 13.4. The number of anilines is 1. The quantitative estimate of drug-likeness (QED) is 0.220. The van der Waals surface area contributed by atoms with E-state index >= 15 is 0 Å². The lowest BCUT2D eigenvalue weighted by molar-refractivity contribution is -0.114. The SMILES string of the molecule is CC(=O)Nc1cc(C(=O)CSc2nnc(-c3c[nH]c4ccccc34)n2C2CC2)ccc1O. The fourth-order valence-corrected chi connectivity index (χ4v) is 4.59. The van der Waals surface area contributed by atoms with Crippen LogP contribution in [0.1, 0.15) is 36.2 Å². The first-order chi connectivity index (χ1) is 15.5. The number of rotatable bonds is 7. The Morgan fingerprint density at radius 3 is 2.81 bits per heavy atom. The van der Waals surface area contributed by atoms with Gasteiger partial charge in [-0.15, -0.1) is 10.2 Å². The van der Waals surface area contributed by atoms with Gasteiger partial charge >= 0.3 is 0 Å². The molecule has 1 saturated carbocycles. The number of nitrogens with one attached hydrogen (secondary N) is 2. The largest absolute Gasteiger partial charge is 0.506 e. The van der Waals surface area contributed by atoms with Crippen molar-refractivity contribution >= 4 is 40.0 Å². The van der Waals surface area contributed by atoms with Crippen LogP contribution in [0.5, 0.6) is 5.75 Å². The van der Waals surface area contributed by atoms with E-state index in [9.17, 15) is 14.7 Å². The summed E-state index contributed by atoms with van der Waals surface area (Å²) < 4.78 is 2.13. The number of phenolic OH excluding ortho intramolecular Hbond substituents is 1. The molecule has 0 unspecified atom stereocenters. The number of aromatic hydroxyl groups is 1. The summed E-state index contributed by atoms with van der Waals surface area (Å²) in [6, 6.07) is 12.9. The van der Waals surface area contributed by atoms with E-state index in [1.165, 1.54) is 30.8 Å². The second-order valence-electron chi connectivity index (χ2n) is 7.78. The summed E-state index contributed by atoms with van der Waals surface area (Å²) in [5.74, 6) is 0.448. The van der Waals surface area contributed by atoms with Crippen LogP contribution in [0, 0.1) is 0 Å². The van der Waals surface area contributed by atoms with Crippen molar-refractivity contribution < 1.29 is 14.7 Å². The molecular weight excluding hydrogens is 426 g/mol. The number of para-hydroxylation sites is 1. The van der Waals surface area contributed by atoms with Crippen LogP contribution < -0.4 is 5.32 Å². The van der Waals surface area contributed by atoms with Crippen LogP contribution >= 0.6 is 11.8 Å². The predicted octanol–water partition coefficient (Wildman–Crippen LogP) is 4.40. The van der Waals surface area contributed by atoms with Crippen LogP contribution in [-0.4, -0.2) is 42.3 Å². The molecule has 0 atom stereocenters. The molecule has 0 bridgehead atoms. The highest BCUT2D eigenvalue weighted by atomic mass is 32.2. The van der Waals surface area contributed by atoms with Crippen molar-refractivity contribution in [2.24, 2.45) is 0 Å². The number of hydrogen-bond acceptors (Lipinski definition) is 6. The number of carbonyl (C=O) groups excluding carboxylic acids is 2. The smallest absolute Gasteiger partial charge is 0.221 e. The van der Waals surface area contributed by atoms with E-state index < -0.39 is 0 Å². The monoisotopic (exact) mass is 447 g/mol. The van der Waals surface area contributed by atoms with Crippen molar-refractivity contribution in [3.63, 3.8) is 0 Å². The zero-order chi connectivity index (χ0) is 22.2. The van der Waals surface area contributed by atoms with Crippen LogP contribution in [0.3, 0.4) is 0 Å². The molecule has 32 heavy (non-hydrogen) atoms. The van der Waals surface area contributed by atoms with Gasteiger partial charge in [0.15, 0.2) is 16.8 Å². The molecule has 3 N–H and O–H groups in total. The Bertz CT molecular complexity index is 1340. The number of nitrogens with zero attached hydrogens (tertiary/aromatic N) is 3. The van der Waals surface area contributed by atoms with Gasteiger partial charge in [0.05, 0.1) is 11.4 Å². The van der Waals surface area contributed by atoms with Crippen molar-refractivity contribution in [1.29, 1.82) is 0 Å². The molecule has 2 heterocycles. The Balaban J connectivity index is 1.39. The number of aromatic nitrogens is 4. The third-order valence-corrected chi connectivity index (χ3v) is 6.31. The second kappa shape index (κ2) is 8.16. The number of fused-ring (bicyclic) bond motifs is 1. The number of H-pyrrole nitrogens is 1. The number of aromatic amines is 1. The molecule has 1 aliphatic rings. The first kappa shape index (κ1) is 20.3. The molecule has 1 amide bonds. The van der Waals surface area contributed by atoms with E-state index in [1.54, 1.807) is 6.07 Å². The number of phenols is 1. The van der Waals surface area contributed by atoms with Gasteiger partial charge < -0.3 is 15.4 Å². The molecule has 162 valence electrons. The summed E-state index contributed by atoms with van der Waals surface area (Å²) in [6.07, 6.45) is 4.08. The molecule has 9 heteroatoms. The van der Waals surface area contributed by atoms with Crippen molar-refractivity contribution in [3.05, 3.63) is 54.2 Å². The van der Waals surface area contributed by atoms with Crippen LogP contribution in [0.4, 0.5) is 5.69 Å². The minimum absolute atomic E-state index is 0.0822. The number of ketones is 1. The topological polar surface area (TPSA) is 113 Å². The summed E-state index contributed by atoms with van der Waals surface area (Å²) in [4.78, 5) is 27.4. The molecule has 0 spiro atoms. The van der Waals surface area contributed by atoms with Gasteiger partial charge in [0.1, 0.15) is 5.75 Å². The van der Waals surface area contributed by atoms with E-state index in [4.69, 9.17) is 0 Å². The number of amides is 1. The van der Waals surface area contributed by atoms with E-state index in [-0.39, 0.29) is 28.9 Å². The fraction of sp³-hybridized carbons (Fsp3) is 0.217. The third kappa shape index (κ3) is 3.87. The average Bonchev–Trinajstić information content (AvgIpc) is 3.39. The van der Waals surface area contributed by atoms with Crippen LogP contribution in [0.2, 0.25) is 0 Å². The van der Waals surface area contributed by atoms with Crippen LogP contribution in [0.15, 0.2) is 53.8 Å². The zero-order valence-electron chi connectivity index (χ0n) is 17.3. The lowest BCUT2D eigenvalue weighted by Gasteiger charge is -2.09. The molecule has 0 radical (unpaired) electrons. The van der Waals surface area contributed by atoms with Gasteiger partial charge in [-0.1, -0.05) is 30.0 Å². The molecular formula is C23H21N5O3S. The highest BCUT2D eigenvalue weighted by molar-refractivity contribution is 7.99. The van der Waals surface area contributed by atoms with Gasteiger partial charge in [-0.2, -0.15) is 0 Å². The third-order valence-electron chi connectivity index (χ3n) is 5.37. The Hall–Kier alpha value is -3.59. The van der Waals surface area contributed by atoms with E-state index in [2.05, 4.69) is 31.1 Å². The Morgan fingerprint density at radius 2 is 2.03 bits per heavy atom. The molecule has 5 rings (SSSR count). The predicted molar refractivity (Wildman–Crippen MR) is 123 cm³/mol. The van der Waals surface area contributed by atoms with Crippen molar-refractivity contribution in [2.45, 2.75) is 31.0 Å². The molecule has 0 saturated heterocycles. The van der Waals surface area contributed by atoms with Gasteiger partial charge in [0.2, 0.25) is 5.91 Å². The van der Waals surface area contributed by atoms with Crippen molar-refractivity contribution in [2.75, 3.05) is 11.1 Å². The number of Topliss-reactive ketones (excluding diaryl/α,β-unsaturated/α-hetero) is 1. The Labute approximate surface area is 188 Å². The highest BCUT2D eigenvalue weighted by Gasteiger charge is 2.31. The van der Waals surface area contributed by atoms with Gasteiger partial charge in [-0.25, -0.2) is 0 Å². The van der Waals surface area contributed by atoms with Crippen molar-refractivity contribution in [1.82, 2.24) is 19.7 Å². The lowest BCUT2D eigenvalue weighted by atomic mass is 10.1. The number of benzene rings is 2. The molecule has 8 nitrogen and oxygen atoms in total. The molecule has 2 aromatic heterocycles. The van der Waals surface area contributed by atoms with Crippen LogP contribution in [0.25, 0.3) is 22.3 Å². The summed E-state index contributed by atoms with van der Waals surface area (Å²) in [5.41, 5.74) is 2.67. The summed E-state index contributed by atoms with van der Waals surface area (Å²) in [6.45, 7) is 1.35. The number of carbonyl (C=O) groups is 2. The summed E-state index contributed by atoms with van der Waals surface area (Å²) in [7, 11) is 0. The second-order valence-corrected chi connectivity index (χ2v) is 8.72. The average molecular weight is 448 g/mol. The van der Waals surface area contributed by atoms with Crippen LogP contribution in [-0.2, 0) is 4.79 Å². The number of thioether (sulfide) groups is 1. The molecule has 2 aromatic carbocycles.